The molecule has 1 amide bonds. The summed E-state index contributed by atoms with van der Waals surface area (Å²) in [7, 11) is 1.74. The fourth-order valence-electron chi connectivity index (χ4n) is 1.95. The molecule has 4 heteroatoms. The lowest BCUT2D eigenvalue weighted by atomic mass is 10.1. The van der Waals surface area contributed by atoms with Crippen LogP contribution in [0, 0.1) is 12.7 Å². The van der Waals surface area contributed by atoms with Crippen molar-refractivity contribution in [3.8, 4) is 0 Å². The molecule has 0 spiro atoms. The Morgan fingerprint density at radius 1 is 1.20 bits per heavy atom. The predicted octanol–water partition coefficient (Wildman–Crippen LogP) is 4.17. The Kier molecular flexibility index (Phi) is 4.55. The molecule has 2 rings (SSSR count). The van der Waals surface area contributed by atoms with Crippen LogP contribution in [0.5, 0.6) is 0 Å². The van der Waals surface area contributed by atoms with Crippen LogP contribution in [-0.2, 0) is 6.54 Å². The topological polar surface area (TPSA) is 20.3 Å². The van der Waals surface area contributed by atoms with Gasteiger partial charge in [0.25, 0.3) is 5.91 Å². The van der Waals surface area contributed by atoms with E-state index in [4.69, 9.17) is 0 Å². The SMILES string of the molecule is Cc1cccc(C(=O)N(C)Cc2ccc(F)cc2)c1Br. The zero-order valence-corrected chi connectivity index (χ0v) is 12.9. The second-order valence-corrected chi connectivity index (χ2v) is 5.52. The lowest BCUT2D eigenvalue weighted by molar-refractivity contribution is 0.0784. The Bertz CT molecular complexity index is 625. The van der Waals surface area contributed by atoms with Crippen LogP contribution in [0.25, 0.3) is 0 Å². The third-order valence-corrected chi connectivity index (χ3v) is 4.15. The van der Waals surface area contributed by atoms with E-state index in [0.717, 1.165) is 15.6 Å². The number of carbonyl (C=O) groups is 1. The highest BCUT2D eigenvalue weighted by Crippen LogP contribution is 2.22. The van der Waals surface area contributed by atoms with Gasteiger partial charge in [-0.2, -0.15) is 0 Å². The maximum atomic E-state index is 12.9. The van der Waals surface area contributed by atoms with Crippen molar-refractivity contribution in [2.75, 3.05) is 7.05 Å². The first-order valence-corrected chi connectivity index (χ1v) is 7.03. The van der Waals surface area contributed by atoms with Crippen LogP contribution in [-0.4, -0.2) is 17.9 Å². The van der Waals surface area contributed by atoms with Crippen molar-refractivity contribution in [1.82, 2.24) is 4.90 Å². The first-order valence-electron chi connectivity index (χ1n) is 6.24. The molecule has 0 fully saturated rings. The van der Waals surface area contributed by atoms with Crippen molar-refractivity contribution in [2.24, 2.45) is 0 Å². The van der Waals surface area contributed by atoms with E-state index in [2.05, 4.69) is 15.9 Å². The van der Waals surface area contributed by atoms with E-state index in [0.29, 0.717) is 12.1 Å². The van der Waals surface area contributed by atoms with Crippen LogP contribution in [0.1, 0.15) is 21.5 Å². The zero-order chi connectivity index (χ0) is 14.7. The summed E-state index contributed by atoms with van der Waals surface area (Å²) >= 11 is 3.45. The van der Waals surface area contributed by atoms with Crippen molar-refractivity contribution in [3.05, 3.63) is 69.4 Å². The van der Waals surface area contributed by atoms with Crippen LogP contribution in [0.15, 0.2) is 46.9 Å². The minimum atomic E-state index is -0.274. The number of rotatable bonds is 3. The number of amides is 1. The van der Waals surface area contributed by atoms with Gasteiger partial charge in [-0.15, -0.1) is 0 Å². The molecular formula is C16H15BrFNO. The largest absolute Gasteiger partial charge is 0.337 e. The Morgan fingerprint density at radius 3 is 2.50 bits per heavy atom. The van der Waals surface area contributed by atoms with Gasteiger partial charge in [-0.3, -0.25) is 4.79 Å². The fraction of sp³-hybridized carbons (Fsp3) is 0.188. The van der Waals surface area contributed by atoms with Crippen LogP contribution in [0.2, 0.25) is 0 Å². The van der Waals surface area contributed by atoms with Crippen molar-refractivity contribution < 1.29 is 9.18 Å². The summed E-state index contributed by atoms with van der Waals surface area (Å²) in [6, 6.07) is 11.8. The summed E-state index contributed by atoms with van der Waals surface area (Å²) in [5, 5.41) is 0. The molecule has 104 valence electrons. The van der Waals surface area contributed by atoms with Gasteiger partial charge < -0.3 is 4.90 Å². The average Bonchev–Trinajstić information content (AvgIpc) is 2.43. The quantitative estimate of drug-likeness (QED) is 0.824. The second-order valence-electron chi connectivity index (χ2n) is 4.72. The lowest BCUT2D eigenvalue weighted by Gasteiger charge is -2.18. The molecule has 0 saturated heterocycles. The number of hydrogen-bond donors (Lipinski definition) is 0. The monoisotopic (exact) mass is 335 g/mol. The molecule has 0 atom stereocenters. The summed E-state index contributed by atoms with van der Waals surface area (Å²) < 4.78 is 13.7. The van der Waals surface area contributed by atoms with Crippen LogP contribution in [0.4, 0.5) is 4.39 Å². The van der Waals surface area contributed by atoms with Crippen molar-refractivity contribution in [1.29, 1.82) is 0 Å². The molecule has 2 aromatic carbocycles. The maximum absolute atomic E-state index is 12.9. The standard InChI is InChI=1S/C16H15BrFNO/c1-11-4-3-5-14(15(11)17)16(20)19(2)10-12-6-8-13(18)9-7-12/h3-9H,10H2,1-2H3. The molecule has 0 aliphatic carbocycles. The third-order valence-electron chi connectivity index (χ3n) is 3.10. The summed E-state index contributed by atoms with van der Waals surface area (Å²) in [6.07, 6.45) is 0. The van der Waals surface area contributed by atoms with Gasteiger partial charge in [0.1, 0.15) is 5.82 Å². The van der Waals surface area contributed by atoms with E-state index >= 15 is 0 Å². The first kappa shape index (κ1) is 14.7. The molecule has 0 unspecified atom stereocenters. The minimum Gasteiger partial charge on any atom is -0.337 e. The Hall–Kier alpha value is -1.68. The summed E-state index contributed by atoms with van der Waals surface area (Å²) in [4.78, 5) is 14.0. The van der Waals surface area contributed by atoms with E-state index < -0.39 is 0 Å². The van der Waals surface area contributed by atoms with E-state index in [9.17, 15) is 9.18 Å². The fourth-order valence-corrected chi connectivity index (χ4v) is 2.39. The first-order chi connectivity index (χ1) is 9.49. The number of hydrogen-bond acceptors (Lipinski definition) is 1. The molecule has 0 heterocycles. The van der Waals surface area contributed by atoms with E-state index in [1.807, 2.05) is 19.1 Å². The minimum absolute atomic E-state index is 0.0649. The van der Waals surface area contributed by atoms with Gasteiger partial charge in [-0.1, -0.05) is 24.3 Å². The lowest BCUT2D eigenvalue weighted by Crippen LogP contribution is -2.26. The van der Waals surface area contributed by atoms with Crippen LogP contribution in [0.3, 0.4) is 0 Å². The van der Waals surface area contributed by atoms with E-state index in [1.165, 1.54) is 12.1 Å². The smallest absolute Gasteiger partial charge is 0.255 e. The van der Waals surface area contributed by atoms with Gasteiger partial charge in [-0.25, -0.2) is 4.39 Å². The zero-order valence-electron chi connectivity index (χ0n) is 11.4. The Labute approximate surface area is 126 Å². The van der Waals surface area contributed by atoms with Gasteiger partial charge in [0.15, 0.2) is 0 Å². The summed E-state index contributed by atoms with van der Waals surface area (Å²) in [6.45, 7) is 2.39. The second kappa shape index (κ2) is 6.18. The third kappa shape index (κ3) is 3.25. The van der Waals surface area contributed by atoms with Gasteiger partial charge in [0.05, 0.1) is 5.56 Å². The Balaban J connectivity index is 2.16. The number of nitrogens with zero attached hydrogens (tertiary/aromatic N) is 1. The van der Waals surface area contributed by atoms with Crippen LogP contribution >= 0.6 is 15.9 Å². The Morgan fingerprint density at radius 2 is 1.85 bits per heavy atom. The highest BCUT2D eigenvalue weighted by molar-refractivity contribution is 9.10. The van der Waals surface area contributed by atoms with Crippen molar-refractivity contribution in [3.63, 3.8) is 0 Å². The van der Waals surface area contributed by atoms with E-state index in [-0.39, 0.29) is 11.7 Å². The molecule has 0 saturated carbocycles. The number of benzene rings is 2. The highest BCUT2D eigenvalue weighted by atomic mass is 79.9. The molecule has 0 bridgehead atoms. The van der Waals surface area contributed by atoms with Gasteiger partial charge in [0.2, 0.25) is 0 Å². The number of aryl methyl sites for hydroxylation is 1. The molecule has 2 nitrogen and oxygen atoms in total. The average molecular weight is 336 g/mol. The van der Waals surface area contributed by atoms with Gasteiger partial charge >= 0.3 is 0 Å². The van der Waals surface area contributed by atoms with Gasteiger partial charge in [-0.05, 0) is 52.2 Å². The normalized spacial score (nSPS) is 10.4. The molecule has 0 radical (unpaired) electrons. The summed E-state index contributed by atoms with van der Waals surface area (Å²) in [5.74, 6) is -0.339. The maximum Gasteiger partial charge on any atom is 0.255 e. The van der Waals surface area contributed by atoms with E-state index in [1.54, 1.807) is 30.1 Å². The van der Waals surface area contributed by atoms with Crippen molar-refractivity contribution in [2.45, 2.75) is 13.5 Å². The number of carbonyl (C=O) groups excluding carboxylic acids is 1. The molecule has 0 aliphatic rings. The molecular weight excluding hydrogens is 321 g/mol. The van der Waals surface area contributed by atoms with Crippen molar-refractivity contribution >= 4 is 21.8 Å². The molecule has 20 heavy (non-hydrogen) atoms. The summed E-state index contributed by atoms with van der Waals surface area (Å²) in [5.41, 5.74) is 2.55. The molecule has 0 aliphatic heterocycles. The molecule has 2 aromatic rings. The predicted molar refractivity (Wildman–Crippen MR) is 81.1 cm³/mol. The molecule has 0 aromatic heterocycles. The highest BCUT2D eigenvalue weighted by Gasteiger charge is 2.15. The molecule has 0 N–H and O–H groups in total. The van der Waals surface area contributed by atoms with Crippen LogP contribution < -0.4 is 0 Å². The van der Waals surface area contributed by atoms with Gasteiger partial charge in [0, 0.05) is 18.1 Å². The number of halogens is 2.